The van der Waals surface area contributed by atoms with Gasteiger partial charge >= 0.3 is 6.03 Å². The smallest absolute Gasteiger partial charge is 0.344 e. The molecule has 158 valence electrons. The van der Waals surface area contributed by atoms with Crippen molar-refractivity contribution >= 4 is 17.8 Å². The van der Waals surface area contributed by atoms with E-state index in [9.17, 15) is 14.4 Å². The van der Waals surface area contributed by atoms with Gasteiger partial charge in [-0.3, -0.25) is 19.9 Å². The minimum absolute atomic E-state index is 0.109. The summed E-state index contributed by atoms with van der Waals surface area (Å²) < 4.78 is 5.24. The van der Waals surface area contributed by atoms with Gasteiger partial charge in [-0.15, -0.1) is 0 Å². The number of urea groups is 1. The van der Waals surface area contributed by atoms with Gasteiger partial charge in [0.2, 0.25) is 0 Å². The summed E-state index contributed by atoms with van der Waals surface area (Å²) in [6.07, 6.45) is 4.63. The van der Waals surface area contributed by atoms with Crippen LogP contribution in [0.2, 0.25) is 0 Å². The van der Waals surface area contributed by atoms with Crippen LogP contribution in [-0.2, 0) is 9.59 Å². The Labute approximate surface area is 171 Å². The number of ether oxygens (including phenoxy) is 1. The highest BCUT2D eigenvalue weighted by molar-refractivity contribution is 6.07. The number of hydrogen-bond acceptors (Lipinski definition) is 5. The van der Waals surface area contributed by atoms with Gasteiger partial charge in [0.1, 0.15) is 11.3 Å². The summed E-state index contributed by atoms with van der Waals surface area (Å²) in [5.74, 6) is -0.000572. The van der Waals surface area contributed by atoms with Gasteiger partial charge in [-0.1, -0.05) is 31.9 Å². The molecule has 0 unspecified atom stereocenters. The van der Waals surface area contributed by atoms with Crippen LogP contribution in [0, 0.1) is 0 Å². The summed E-state index contributed by atoms with van der Waals surface area (Å²) in [6.45, 7) is 4.39. The van der Waals surface area contributed by atoms with E-state index >= 15 is 0 Å². The van der Waals surface area contributed by atoms with Crippen LogP contribution < -0.4 is 15.5 Å². The van der Waals surface area contributed by atoms with Crippen molar-refractivity contribution < 1.29 is 19.1 Å². The quantitative estimate of drug-likeness (QED) is 0.713. The van der Waals surface area contributed by atoms with Crippen molar-refractivity contribution in [2.45, 2.75) is 57.5 Å². The lowest BCUT2D eigenvalue weighted by Crippen LogP contribution is -2.51. The van der Waals surface area contributed by atoms with Crippen molar-refractivity contribution in [3.63, 3.8) is 0 Å². The lowest BCUT2D eigenvalue weighted by Gasteiger charge is -2.30. The molecule has 2 saturated heterocycles. The minimum Gasteiger partial charge on any atom is -0.497 e. The standard InChI is InChI=1S/C21H30N4O4/c1-4-21(2)19(27)25(20(28)22-21)23-18(26)14-24-13-7-5-6-8-17(24)15-9-11-16(29-3)12-10-15/h9-12,17H,4-8,13-14H2,1-3H3,(H,22,28)(H,23,26)/t17-,21+/m0/s1. The second-order valence-electron chi connectivity index (χ2n) is 7.90. The first-order valence-electron chi connectivity index (χ1n) is 10.2. The fourth-order valence-corrected chi connectivity index (χ4v) is 3.93. The van der Waals surface area contributed by atoms with E-state index in [1.807, 2.05) is 31.2 Å². The number of nitrogens with one attached hydrogen (secondary N) is 2. The first kappa shape index (κ1) is 21.1. The molecule has 1 aromatic rings. The van der Waals surface area contributed by atoms with E-state index < -0.39 is 17.5 Å². The molecule has 2 aliphatic rings. The van der Waals surface area contributed by atoms with E-state index in [0.717, 1.165) is 48.5 Å². The summed E-state index contributed by atoms with van der Waals surface area (Å²) in [5, 5.41) is 3.45. The second-order valence-corrected chi connectivity index (χ2v) is 7.90. The summed E-state index contributed by atoms with van der Waals surface area (Å²) in [6, 6.07) is 7.44. The minimum atomic E-state index is -0.974. The Hall–Kier alpha value is -2.61. The van der Waals surface area contributed by atoms with E-state index in [4.69, 9.17) is 4.74 Å². The number of methoxy groups -OCH3 is 1. The van der Waals surface area contributed by atoms with Gasteiger partial charge in [0.15, 0.2) is 0 Å². The summed E-state index contributed by atoms with van der Waals surface area (Å²) >= 11 is 0. The maximum Gasteiger partial charge on any atom is 0.344 e. The molecule has 2 atom stereocenters. The number of hydrazine groups is 1. The van der Waals surface area contributed by atoms with Crippen LogP contribution in [-0.4, -0.2) is 53.5 Å². The average Bonchev–Trinajstić information content (AvgIpc) is 2.87. The van der Waals surface area contributed by atoms with Crippen LogP contribution in [0.4, 0.5) is 4.79 Å². The van der Waals surface area contributed by atoms with Crippen molar-refractivity contribution in [1.29, 1.82) is 0 Å². The third kappa shape index (κ3) is 4.53. The predicted octanol–water partition coefficient (Wildman–Crippen LogP) is 2.36. The molecule has 2 fully saturated rings. The van der Waals surface area contributed by atoms with E-state index in [2.05, 4.69) is 15.6 Å². The number of nitrogens with zero attached hydrogens (tertiary/aromatic N) is 2. The first-order chi connectivity index (χ1) is 13.9. The molecule has 0 aromatic heterocycles. The van der Waals surface area contributed by atoms with Crippen molar-refractivity contribution in [3.8, 4) is 5.75 Å². The molecule has 8 nitrogen and oxygen atoms in total. The van der Waals surface area contributed by atoms with Gasteiger partial charge in [-0.2, -0.15) is 5.01 Å². The first-order valence-corrected chi connectivity index (χ1v) is 10.2. The lowest BCUT2D eigenvalue weighted by atomic mass is 10.00. The zero-order valence-electron chi connectivity index (χ0n) is 17.4. The van der Waals surface area contributed by atoms with E-state index in [1.54, 1.807) is 14.0 Å². The van der Waals surface area contributed by atoms with Crippen LogP contribution in [0.3, 0.4) is 0 Å². The molecule has 2 aliphatic heterocycles. The molecular weight excluding hydrogens is 372 g/mol. The van der Waals surface area contributed by atoms with Crippen LogP contribution >= 0.6 is 0 Å². The van der Waals surface area contributed by atoms with Gasteiger partial charge < -0.3 is 10.1 Å². The average molecular weight is 402 g/mol. The fraction of sp³-hybridized carbons (Fsp3) is 0.571. The molecule has 8 heteroatoms. The Balaban J connectivity index is 1.69. The Kier molecular flexibility index (Phi) is 6.42. The van der Waals surface area contributed by atoms with Gasteiger partial charge in [-0.25, -0.2) is 4.79 Å². The van der Waals surface area contributed by atoms with Gasteiger partial charge in [0.05, 0.1) is 13.7 Å². The number of amides is 4. The normalized spacial score (nSPS) is 25.5. The van der Waals surface area contributed by atoms with Crippen LogP contribution in [0.25, 0.3) is 0 Å². The fourth-order valence-electron chi connectivity index (χ4n) is 3.93. The highest BCUT2D eigenvalue weighted by atomic mass is 16.5. The number of carbonyl (C=O) groups is 3. The van der Waals surface area contributed by atoms with Crippen LogP contribution in [0.1, 0.15) is 57.6 Å². The topological polar surface area (TPSA) is 91.0 Å². The van der Waals surface area contributed by atoms with Crippen molar-refractivity contribution in [2.75, 3.05) is 20.2 Å². The number of likely N-dealkylation sites (tertiary alicyclic amines) is 1. The highest BCUT2D eigenvalue weighted by Gasteiger charge is 2.47. The second kappa shape index (κ2) is 8.82. The molecule has 2 N–H and O–H groups in total. The van der Waals surface area contributed by atoms with Gasteiger partial charge in [0, 0.05) is 6.04 Å². The summed E-state index contributed by atoms with van der Waals surface area (Å²) in [7, 11) is 1.64. The van der Waals surface area contributed by atoms with Crippen molar-refractivity contribution in [3.05, 3.63) is 29.8 Å². The molecule has 0 radical (unpaired) electrons. The number of rotatable bonds is 6. The molecule has 2 heterocycles. The van der Waals surface area contributed by atoms with E-state index in [-0.39, 0.29) is 18.5 Å². The number of carbonyl (C=O) groups excluding carboxylic acids is 3. The zero-order valence-corrected chi connectivity index (χ0v) is 17.4. The van der Waals surface area contributed by atoms with Crippen LogP contribution in [0.15, 0.2) is 24.3 Å². The van der Waals surface area contributed by atoms with Gasteiger partial charge in [0.25, 0.3) is 11.8 Å². The molecule has 0 bridgehead atoms. The number of hydrogen-bond donors (Lipinski definition) is 2. The molecule has 29 heavy (non-hydrogen) atoms. The van der Waals surface area contributed by atoms with E-state index in [1.165, 1.54) is 0 Å². The maximum atomic E-state index is 12.7. The largest absolute Gasteiger partial charge is 0.497 e. The van der Waals surface area contributed by atoms with Gasteiger partial charge in [-0.05, 0) is 50.4 Å². The van der Waals surface area contributed by atoms with Crippen LogP contribution in [0.5, 0.6) is 5.75 Å². The predicted molar refractivity (Wildman–Crippen MR) is 108 cm³/mol. The molecule has 0 saturated carbocycles. The third-order valence-electron chi connectivity index (χ3n) is 5.92. The van der Waals surface area contributed by atoms with Crippen molar-refractivity contribution in [1.82, 2.24) is 20.7 Å². The van der Waals surface area contributed by atoms with Crippen molar-refractivity contribution in [2.24, 2.45) is 0 Å². The summed E-state index contributed by atoms with van der Waals surface area (Å²) in [4.78, 5) is 39.5. The highest BCUT2D eigenvalue weighted by Crippen LogP contribution is 2.31. The lowest BCUT2D eigenvalue weighted by molar-refractivity contribution is -0.139. The SMILES string of the molecule is CC[C@@]1(C)NC(=O)N(NC(=O)CN2CCCCC[C@H]2c2ccc(OC)cc2)C1=O. The number of imide groups is 1. The molecule has 0 aliphatic carbocycles. The zero-order chi connectivity index (χ0) is 21.0. The Morgan fingerprint density at radius 2 is 1.97 bits per heavy atom. The molecule has 4 amide bonds. The van der Waals surface area contributed by atoms with E-state index in [0.29, 0.717) is 6.42 Å². The monoisotopic (exact) mass is 402 g/mol. The Bertz CT molecular complexity index is 766. The summed E-state index contributed by atoms with van der Waals surface area (Å²) in [5.41, 5.74) is 2.66. The molecule has 3 rings (SSSR count). The molecule has 1 aromatic carbocycles. The number of benzene rings is 1. The third-order valence-corrected chi connectivity index (χ3v) is 5.92. The Morgan fingerprint density at radius 1 is 1.24 bits per heavy atom. The Morgan fingerprint density at radius 3 is 2.59 bits per heavy atom. The molecule has 0 spiro atoms. The molecular formula is C21H30N4O4. The maximum absolute atomic E-state index is 12.7.